The third kappa shape index (κ3) is 3.72. The number of nitriles is 1. The number of carbonyl (C=O) groups excluding carboxylic acids is 1. The average Bonchev–Trinajstić information content (AvgIpc) is 2.46. The Labute approximate surface area is 114 Å². The summed E-state index contributed by atoms with van der Waals surface area (Å²) in [5, 5.41) is 11.7. The molecule has 4 nitrogen and oxygen atoms in total. The Balaban J connectivity index is 1.84. The molecule has 2 amide bonds. The number of urea groups is 1. The molecule has 0 aromatic heterocycles. The van der Waals surface area contributed by atoms with E-state index in [0.717, 1.165) is 37.4 Å². The van der Waals surface area contributed by atoms with E-state index >= 15 is 0 Å². The molecule has 1 heterocycles. The van der Waals surface area contributed by atoms with Crippen LogP contribution in [-0.2, 0) is 6.54 Å². The number of hydrogen-bond donors (Lipinski definition) is 1. The molecule has 19 heavy (non-hydrogen) atoms. The summed E-state index contributed by atoms with van der Waals surface area (Å²) in [5.74, 6) is 0.719. The second kappa shape index (κ2) is 6.24. The van der Waals surface area contributed by atoms with E-state index in [4.69, 9.17) is 5.26 Å². The summed E-state index contributed by atoms with van der Waals surface area (Å²) in [5.41, 5.74) is 1.58. The zero-order valence-electron chi connectivity index (χ0n) is 11.2. The van der Waals surface area contributed by atoms with Crippen molar-refractivity contribution in [1.29, 1.82) is 5.26 Å². The van der Waals surface area contributed by atoms with Gasteiger partial charge < -0.3 is 10.2 Å². The molecule has 1 aliphatic rings. The number of benzene rings is 1. The molecule has 1 aromatic carbocycles. The number of likely N-dealkylation sites (tertiary alicyclic amines) is 1. The van der Waals surface area contributed by atoms with Gasteiger partial charge in [-0.2, -0.15) is 5.26 Å². The molecule has 1 aliphatic heterocycles. The highest BCUT2D eigenvalue weighted by Crippen LogP contribution is 2.15. The molecular formula is C15H19N3O. The highest BCUT2D eigenvalue weighted by Gasteiger charge is 2.19. The fourth-order valence-electron chi connectivity index (χ4n) is 2.25. The van der Waals surface area contributed by atoms with Crippen molar-refractivity contribution in [2.24, 2.45) is 5.92 Å². The average molecular weight is 257 g/mol. The molecule has 1 saturated heterocycles. The summed E-state index contributed by atoms with van der Waals surface area (Å²) in [4.78, 5) is 13.9. The van der Waals surface area contributed by atoms with E-state index in [0.29, 0.717) is 12.1 Å². The Morgan fingerprint density at radius 2 is 2.21 bits per heavy atom. The first-order chi connectivity index (χ1) is 9.19. The molecule has 0 saturated carbocycles. The van der Waals surface area contributed by atoms with Crippen molar-refractivity contribution in [3.8, 4) is 6.07 Å². The van der Waals surface area contributed by atoms with Gasteiger partial charge >= 0.3 is 6.03 Å². The SMILES string of the molecule is CC1CCN(C(=O)NCc2cccc(C#N)c2)CC1. The number of amides is 2. The third-order valence-corrected chi connectivity index (χ3v) is 3.57. The van der Waals surface area contributed by atoms with Gasteiger partial charge in [0, 0.05) is 19.6 Å². The van der Waals surface area contributed by atoms with Gasteiger partial charge in [0.1, 0.15) is 0 Å². The van der Waals surface area contributed by atoms with Crippen LogP contribution in [0.15, 0.2) is 24.3 Å². The Kier molecular flexibility index (Phi) is 4.40. The van der Waals surface area contributed by atoms with Crippen molar-refractivity contribution in [2.45, 2.75) is 26.3 Å². The zero-order valence-corrected chi connectivity index (χ0v) is 11.2. The highest BCUT2D eigenvalue weighted by molar-refractivity contribution is 5.74. The van der Waals surface area contributed by atoms with Gasteiger partial charge in [0.25, 0.3) is 0 Å². The van der Waals surface area contributed by atoms with Gasteiger partial charge in [-0.1, -0.05) is 19.1 Å². The van der Waals surface area contributed by atoms with Gasteiger partial charge in [-0.25, -0.2) is 4.79 Å². The molecule has 2 rings (SSSR count). The molecule has 0 bridgehead atoms. The number of piperidine rings is 1. The van der Waals surface area contributed by atoms with Crippen LogP contribution in [0.5, 0.6) is 0 Å². The summed E-state index contributed by atoms with van der Waals surface area (Å²) in [7, 11) is 0. The van der Waals surface area contributed by atoms with Crippen LogP contribution in [0.25, 0.3) is 0 Å². The molecule has 100 valence electrons. The molecule has 4 heteroatoms. The first kappa shape index (κ1) is 13.4. The van der Waals surface area contributed by atoms with Crippen molar-refractivity contribution < 1.29 is 4.79 Å². The lowest BCUT2D eigenvalue weighted by Gasteiger charge is -2.30. The van der Waals surface area contributed by atoms with E-state index in [1.165, 1.54) is 0 Å². The van der Waals surface area contributed by atoms with Crippen molar-refractivity contribution in [1.82, 2.24) is 10.2 Å². The van der Waals surface area contributed by atoms with Gasteiger partial charge in [-0.05, 0) is 36.5 Å². The summed E-state index contributed by atoms with van der Waals surface area (Å²) in [6.45, 7) is 4.37. The topological polar surface area (TPSA) is 56.1 Å². The van der Waals surface area contributed by atoms with Crippen LogP contribution in [0.2, 0.25) is 0 Å². The normalized spacial score (nSPS) is 15.9. The molecule has 1 fully saturated rings. The molecular weight excluding hydrogens is 238 g/mol. The fraction of sp³-hybridized carbons (Fsp3) is 0.467. The minimum absolute atomic E-state index is 0.00531. The maximum Gasteiger partial charge on any atom is 0.317 e. The van der Waals surface area contributed by atoms with Gasteiger partial charge in [0.15, 0.2) is 0 Å². The Bertz CT molecular complexity index is 484. The van der Waals surface area contributed by atoms with Gasteiger partial charge in [0.05, 0.1) is 11.6 Å². The maximum absolute atomic E-state index is 12.0. The van der Waals surface area contributed by atoms with Crippen LogP contribution in [-0.4, -0.2) is 24.0 Å². The van der Waals surface area contributed by atoms with E-state index < -0.39 is 0 Å². The smallest absolute Gasteiger partial charge is 0.317 e. The van der Waals surface area contributed by atoms with E-state index in [-0.39, 0.29) is 6.03 Å². The third-order valence-electron chi connectivity index (χ3n) is 3.57. The predicted molar refractivity (Wildman–Crippen MR) is 73.4 cm³/mol. The number of hydrogen-bond acceptors (Lipinski definition) is 2. The number of nitrogens with one attached hydrogen (secondary N) is 1. The van der Waals surface area contributed by atoms with Crippen molar-refractivity contribution in [2.75, 3.05) is 13.1 Å². The summed E-state index contributed by atoms with van der Waals surface area (Å²) in [6.07, 6.45) is 2.16. The summed E-state index contributed by atoms with van der Waals surface area (Å²) in [6, 6.07) is 9.41. The van der Waals surface area contributed by atoms with Crippen molar-refractivity contribution in [3.05, 3.63) is 35.4 Å². The standard InChI is InChI=1S/C15H19N3O/c1-12-5-7-18(8-6-12)15(19)17-11-14-4-2-3-13(9-14)10-16/h2-4,9,12H,5-8,11H2,1H3,(H,17,19). The van der Waals surface area contributed by atoms with Gasteiger partial charge in [-0.3, -0.25) is 0 Å². The molecule has 0 radical (unpaired) electrons. The number of rotatable bonds is 2. The largest absolute Gasteiger partial charge is 0.334 e. The second-order valence-electron chi connectivity index (χ2n) is 5.14. The summed E-state index contributed by atoms with van der Waals surface area (Å²) >= 11 is 0. The lowest BCUT2D eigenvalue weighted by atomic mass is 10.00. The second-order valence-corrected chi connectivity index (χ2v) is 5.14. The van der Waals surface area contributed by atoms with Crippen LogP contribution in [0, 0.1) is 17.2 Å². The van der Waals surface area contributed by atoms with Crippen LogP contribution >= 0.6 is 0 Å². The zero-order chi connectivity index (χ0) is 13.7. The fourth-order valence-corrected chi connectivity index (χ4v) is 2.25. The lowest BCUT2D eigenvalue weighted by Crippen LogP contribution is -2.43. The van der Waals surface area contributed by atoms with Crippen molar-refractivity contribution >= 4 is 6.03 Å². The van der Waals surface area contributed by atoms with Crippen LogP contribution < -0.4 is 5.32 Å². The molecule has 0 unspecified atom stereocenters. The van der Waals surface area contributed by atoms with E-state index in [1.807, 2.05) is 17.0 Å². The minimum Gasteiger partial charge on any atom is -0.334 e. The molecule has 0 aliphatic carbocycles. The van der Waals surface area contributed by atoms with Crippen LogP contribution in [0.3, 0.4) is 0 Å². The highest BCUT2D eigenvalue weighted by atomic mass is 16.2. The molecule has 0 atom stereocenters. The monoisotopic (exact) mass is 257 g/mol. The van der Waals surface area contributed by atoms with Crippen LogP contribution in [0.1, 0.15) is 30.9 Å². The van der Waals surface area contributed by atoms with Gasteiger partial charge in [0.2, 0.25) is 0 Å². The minimum atomic E-state index is -0.00531. The molecule has 0 spiro atoms. The Hall–Kier alpha value is -2.02. The first-order valence-corrected chi connectivity index (χ1v) is 6.71. The predicted octanol–water partition coefficient (Wildman–Crippen LogP) is 2.50. The molecule has 1 N–H and O–H groups in total. The first-order valence-electron chi connectivity index (χ1n) is 6.71. The quantitative estimate of drug-likeness (QED) is 0.885. The molecule has 1 aromatic rings. The van der Waals surface area contributed by atoms with Gasteiger partial charge in [-0.15, -0.1) is 0 Å². The lowest BCUT2D eigenvalue weighted by molar-refractivity contribution is 0.173. The maximum atomic E-state index is 12.0. The number of nitrogens with zero attached hydrogens (tertiary/aromatic N) is 2. The van der Waals surface area contributed by atoms with E-state index in [1.54, 1.807) is 12.1 Å². The Morgan fingerprint density at radius 1 is 1.47 bits per heavy atom. The summed E-state index contributed by atoms with van der Waals surface area (Å²) < 4.78 is 0. The number of carbonyl (C=O) groups is 1. The van der Waals surface area contributed by atoms with Crippen LogP contribution in [0.4, 0.5) is 4.79 Å². The Morgan fingerprint density at radius 3 is 2.89 bits per heavy atom. The van der Waals surface area contributed by atoms with E-state index in [9.17, 15) is 4.79 Å². The van der Waals surface area contributed by atoms with E-state index in [2.05, 4.69) is 18.3 Å². The van der Waals surface area contributed by atoms with Crippen molar-refractivity contribution in [3.63, 3.8) is 0 Å².